The predicted molar refractivity (Wildman–Crippen MR) is 98.4 cm³/mol. The van der Waals surface area contributed by atoms with E-state index in [9.17, 15) is 9.59 Å². The van der Waals surface area contributed by atoms with Crippen molar-refractivity contribution in [2.24, 2.45) is 0 Å². The molecule has 1 aliphatic heterocycles. The van der Waals surface area contributed by atoms with Gasteiger partial charge in [-0.15, -0.1) is 0 Å². The predicted octanol–water partition coefficient (Wildman–Crippen LogP) is 2.27. The maximum Gasteiger partial charge on any atom is 0.266 e. The van der Waals surface area contributed by atoms with Crippen molar-refractivity contribution in [1.82, 2.24) is 9.55 Å². The number of carbonyl (C=O) groups is 1. The molecule has 0 atom stereocenters. The smallest absolute Gasteiger partial charge is 0.266 e. The number of rotatable bonds is 3. The molecule has 0 saturated heterocycles. The van der Waals surface area contributed by atoms with Crippen molar-refractivity contribution in [3.8, 4) is 0 Å². The van der Waals surface area contributed by atoms with Crippen LogP contribution < -0.4 is 15.8 Å². The van der Waals surface area contributed by atoms with Crippen LogP contribution in [-0.4, -0.2) is 29.6 Å². The quantitative estimate of drug-likeness (QED) is 0.798. The summed E-state index contributed by atoms with van der Waals surface area (Å²) in [6, 6.07) is 11.2. The summed E-state index contributed by atoms with van der Waals surface area (Å²) >= 11 is 0. The van der Waals surface area contributed by atoms with E-state index in [-0.39, 0.29) is 11.1 Å². The molecule has 4 rings (SSSR count). The molecule has 25 heavy (non-hydrogen) atoms. The molecule has 6 nitrogen and oxygen atoms in total. The van der Waals surface area contributed by atoms with Gasteiger partial charge in [0.05, 0.1) is 11.2 Å². The minimum atomic E-state index is -0.435. The van der Waals surface area contributed by atoms with Crippen molar-refractivity contribution in [2.45, 2.75) is 13.0 Å². The lowest BCUT2D eigenvalue weighted by Gasteiger charge is -2.20. The fraction of sp³-hybridized carbons (Fsp3) is 0.211. The van der Waals surface area contributed by atoms with Crippen LogP contribution >= 0.6 is 0 Å². The Hall–Kier alpha value is -3.15. The third kappa shape index (κ3) is 2.38. The Morgan fingerprint density at radius 1 is 1.20 bits per heavy atom. The topological polar surface area (TPSA) is 67.2 Å². The van der Waals surface area contributed by atoms with Crippen LogP contribution in [-0.2, 0) is 13.0 Å². The first-order valence-electron chi connectivity index (χ1n) is 8.16. The van der Waals surface area contributed by atoms with Gasteiger partial charge in [-0.05, 0) is 24.1 Å². The van der Waals surface area contributed by atoms with E-state index in [1.54, 1.807) is 29.0 Å². The van der Waals surface area contributed by atoms with E-state index >= 15 is 0 Å². The molecule has 1 amide bonds. The average Bonchev–Trinajstić information content (AvgIpc) is 3.04. The first-order valence-corrected chi connectivity index (χ1v) is 8.16. The van der Waals surface area contributed by atoms with Crippen LogP contribution in [0.1, 0.15) is 15.9 Å². The van der Waals surface area contributed by atoms with Crippen molar-refractivity contribution in [1.29, 1.82) is 0 Å². The average molecular weight is 334 g/mol. The summed E-state index contributed by atoms with van der Waals surface area (Å²) in [5.41, 5.74) is 2.63. The largest absolute Gasteiger partial charge is 0.376 e. The number of aryl methyl sites for hydroxylation is 2. The second kappa shape index (κ2) is 5.73. The van der Waals surface area contributed by atoms with Crippen LogP contribution in [0, 0.1) is 0 Å². The molecule has 0 fully saturated rings. The summed E-state index contributed by atoms with van der Waals surface area (Å²) in [4.78, 5) is 31.9. The number of nitrogens with one attached hydrogen (secondary N) is 1. The van der Waals surface area contributed by atoms with Crippen molar-refractivity contribution in [2.75, 3.05) is 24.3 Å². The summed E-state index contributed by atoms with van der Waals surface area (Å²) in [5, 5.41) is 3.66. The maximum absolute atomic E-state index is 13.1. The molecular weight excluding hydrogens is 316 g/mol. The van der Waals surface area contributed by atoms with Gasteiger partial charge in [0, 0.05) is 32.2 Å². The van der Waals surface area contributed by atoms with Crippen molar-refractivity contribution in [3.63, 3.8) is 0 Å². The highest BCUT2D eigenvalue weighted by Crippen LogP contribution is 2.33. The van der Waals surface area contributed by atoms with Crippen LogP contribution in [0.15, 0.2) is 47.4 Å². The van der Waals surface area contributed by atoms with Crippen LogP contribution in [0.25, 0.3) is 10.9 Å². The Morgan fingerprint density at radius 2 is 2.04 bits per heavy atom. The highest BCUT2D eigenvalue weighted by molar-refractivity contribution is 6.12. The Morgan fingerprint density at radius 3 is 2.76 bits per heavy atom. The Kier molecular flexibility index (Phi) is 3.53. The number of pyridine rings is 2. The van der Waals surface area contributed by atoms with E-state index in [4.69, 9.17) is 0 Å². The highest BCUT2D eigenvalue weighted by Gasteiger charge is 2.27. The molecule has 1 N–H and O–H groups in total. The molecule has 3 heterocycles. The molecule has 0 radical (unpaired) electrons. The fourth-order valence-electron chi connectivity index (χ4n) is 3.51. The monoisotopic (exact) mass is 334 g/mol. The number of aromatic nitrogens is 2. The molecule has 0 spiro atoms. The van der Waals surface area contributed by atoms with Crippen molar-refractivity contribution >= 4 is 28.3 Å². The zero-order chi connectivity index (χ0) is 17.6. The number of benzene rings is 1. The Balaban J connectivity index is 1.95. The van der Waals surface area contributed by atoms with Gasteiger partial charge in [-0.3, -0.25) is 9.59 Å². The lowest BCUT2D eigenvalue weighted by molar-refractivity contribution is 0.102. The normalized spacial score (nSPS) is 12.4. The fourth-order valence-corrected chi connectivity index (χ4v) is 3.51. The molecule has 126 valence electrons. The molecule has 0 saturated carbocycles. The summed E-state index contributed by atoms with van der Waals surface area (Å²) in [6.45, 7) is 0.603. The van der Waals surface area contributed by atoms with Gasteiger partial charge in [-0.2, -0.15) is 0 Å². The van der Waals surface area contributed by atoms with Crippen LogP contribution in [0.4, 0.5) is 11.5 Å². The second-order valence-corrected chi connectivity index (χ2v) is 6.31. The van der Waals surface area contributed by atoms with E-state index in [1.807, 2.05) is 37.2 Å². The molecule has 1 aliphatic rings. The highest BCUT2D eigenvalue weighted by atomic mass is 16.2. The zero-order valence-electron chi connectivity index (χ0n) is 14.1. The van der Waals surface area contributed by atoms with Crippen LogP contribution in [0.3, 0.4) is 0 Å². The van der Waals surface area contributed by atoms with Crippen molar-refractivity contribution < 1.29 is 4.79 Å². The molecule has 3 aromatic rings. The van der Waals surface area contributed by atoms with Crippen LogP contribution in [0.5, 0.6) is 0 Å². The first-order chi connectivity index (χ1) is 12.1. The van der Waals surface area contributed by atoms with E-state index < -0.39 is 5.91 Å². The van der Waals surface area contributed by atoms with Gasteiger partial charge in [0.2, 0.25) is 0 Å². The molecule has 0 bridgehead atoms. The van der Waals surface area contributed by atoms with E-state index in [0.29, 0.717) is 18.1 Å². The zero-order valence-corrected chi connectivity index (χ0v) is 14.1. The third-order valence-corrected chi connectivity index (χ3v) is 4.53. The second-order valence-electron chi connectivity index (χ2n) is 6.31. The van der Waals surface area contributed by atoms with E-state index in [1.165, 1.54) is 0 Å². The van der Waals surface area contributed by atoms with Gasteiger partial charge in [-0.1, -0.05) is 24.3 Å². The standard InChI is InChI=1S/C19H18N4O2/c1-22(2)17-13-7-5-6-12-9-11-23(16(12)13)19(25)15(17)18(24)21-14-8-3-4-10-20-14/h3-8,10H,9,11H2,1-2H3,(H,20,21,24). The number of carbonyl (C=O) groups excluding carboxylic acids is 1. The summed E-state index contributed by atoms with van der Waals surface area (Å²) in [5.74, 6) is -0.0118. The van der Waals surface area contributed by atoms with Gasteiger partial charge in [0.1, 0.15) is 11.4 Å². The number of para-hydroxylation sites is 1. The molecule has 6 heteroatoms. The van der Waals surface area contributed by atoms with Gasteiger partial charge < -0.3 is 14.8 Å². The van der Waals surface area contributed by atoms with Gasteiger partial charge in [0.25, 0.3) is 11.5 Å². The molecule has 2 aromatic heterocycles. The molecule has 0 unspecified atom stereocenters. The first kappa shape index (κ1) is 15.4. The molecule has 0 aliphatic carbocycles. The summed E-state index contributed by atoms with van der Waals surface area (Å²) in [7, 11) is 3.70. The number of anilines is 2. The van der Waals surface area contributed by atoms with Gasteiger partial charge in [-0.25, -0.2) is 4.98 Å². The number of hydrogen-bond donors (Lipinski definition) is 1. The lowest BCUT2D eigenvalue weighted by Crippen LogP contribution is -2.32. The summed E-state index contributed by atoms with van der Waals surface area (Å²) < 4.78 is 1.71. The maximum atomic E-state index is 13.1. The number of hydrogen-bond acceptors (Lipinski definition) is 4. The Labute approximate surface area is 144 Å². The van der Waals surface area contributed by atoms with Gasteiger partial charge >= 0.3 is 0 Å². The minimum absolute atomic E-state index is 0.155. The summed E-state index contributed by atoms with van der Waals surface area (Å²) in [6.07, 6.45) is 2.41. The minimum Gasteiger partial charge on any atom is -0.376 e. The van der Waals surface area contributed by atoms with Gasteiger partial charge in [0.15, 0.2) is 0 Å². The lowest BCUT2D eigenvalue weighted by atomic mass is 10.0. The van der Waals surface area contributed by atoms with E-state index in [0.717, 1.165) is 22.9 Å². The molecule has 1 aromatic carbocycles. The third-order valence-electron chi connectivity index (χ3n) is 4.53. The number of nitrogens with zero attached hydrogens (tertiary/aromatic N) is 3. The molecular formula is C19H18N4O2. The van der Waals surface area contributed by atoms with Crippen molar-refractivity contribution in [3.05, 3.63) is 64.1 Å². The number of amides is 1. The SMILES string of the molecule is CN(C)c1c(C(=O)Nc2ccccn2)c(=O)n2c3c(cccc13)CC2. The van der Waals surface area contributed by atoms with E-state index in [2.05, 4.69) is 10.3 Å². The Bertz CT molecular complexity index is 1040. The van der Waals surface area contributed by atoms with Crippen LogP contribution in [0.2, 0.25) is 0 Å².